The Hall–Kier alpha value is -3.37. The Morgan fingerprint density at radius 2 is 1.88 bits per heavy atom. The lowest BCUT2D eigenvalue weighted by molar-refractivity contribution is -0.119. The van der Waals surface area contributed by atoms with Crippen LogP contribution in [0.1, 0.15) is 12.8 Å². The summed E-state index contributed by atoms with van der Waals surface area (Å²) < 4.78 is 10.7. The number of carbonyl (C=O) groups excluding carboxylic acids is 2. The lowest BCUT2D eigenvalue weighted by atomic mass is 10.2. The van der Waals surface area contributed by atoms with Crippen LogP contribution < -0.4 is 20.1 Å². The van der Waals surface area contributed by atoms with E-state index in [2.05, 4.69) is 20.8 Å². The van der Waals surface area contributed by atoms with Crippen molar-refractivity contribution in [3.8, 4) is 22.1 Å². The summed E-state index contributed by atoms with van der Waals surface area (Å²) in [6, 6.07) is 11.4. The first-order chi connectivity index (χ1) is 15.6. The van der Waals surface area contributed by atoms with Gasteiger partial charge in [-0.15, -0.1) is 10.2 Å². The largest absolute Gasteiger partial charge is 0.454 e. The van der Waals surface area contributed by atoms with Crippen molar-refractivity contribution >= 4 is 45.7 Å². The molecule has 1 saturated heterocycles. The maximum Gasteiger partial charge on any atom is 0.322 e. The third-order valence-corrected chi connectivity index (χ3v) is 6.33. The number of fused-ring (bicyclic) bond motifs is 1. The van der Waals surface area contributed by atoms with Gasteiger partial charge < -0.3 is 19.7 Å². The van der Waals surface area contributed by atoms with Gasteiger partial charge >= 0.3 is 6.03 Å². The predicted molar refractivity (Wildman–Crippen MR) is 120 cm³/mol. The Kier molecular flexibility index (Phi) is 5.54. The molecule has 0 aliphatic carbocycles. The SMILES string of the molecule is O=C(Nc1nnc(-c2ccc3c(c2)OCO3)s1)C1CCCN1C(=O)Nc1ccc(Cl)cc1. The summed E-state index contributed by atoms with van der Waals surface area (Å²) in [6.07, 6.45) is 1.32. The number of amides is 3. The molecule has 0 bridgehead atoms. The quantitative estimate of drug-likeness (QED) is 0.590. The molecule has 3 amide bonds. The Morgan fingerprint density at radius 1 is 1.06 bits per heavy atom. The average molecular weight is 472 g/mol. The Morgan fingerprint density at radius 3 is 2.72 bits per heavy atom. The highest BCUT2D eigenvalue weighted by Gasteiger charge is 2.34. The van der Waals surface area contributed by atoms with Gasteiger partial charge in [-0.2, -0.15) is 0 Å². The number of carbonyl (C=O) groups is 2. The number of aromatic nitrogens is 2. The lowest BCUT2D eigenvalue weighted by Gasteiger charge is -2.23. The van der Waals surface area contributed by atoms with Gasteiger partial charge in [0.1, 0.15) is 11.0 Å². The molecular weight excluding hydrogens is 454 g/mol. The molecule has 2 N–H and O–H groups in total. The third kappa shape index (κ3) is 4.19. The van der Waals surface area contributed by atoms with Gasteiger partial charge in [0.25, 0.3) is 0 Å². The van der Waals surface area contributed by atoms with E-state index in [1.807, 2.05) is 18.2 Å². The van der Waals surface area contributed by atoms with Gasteiger partial charge in [0.05, 0.1) is 0 Å². The van der Waals surface area contributed by atoms with E-state index < -0.39 is 6.04 Å². The van der Waals surface area contributed by atoms with Crippen molar-refractivity contribution in [2.24, 2.45) is 0 Å². The van der Waals surface area contributed by atoms with E-state index in [-0.39, 0.29) is 18.7 Å². The van der Waals surface area contributed by atoms with Crippen LogP contribution in [0, 0.1) is 0 Å². The fourth-order valence-corrected chi connectivity index (χ4v) is 4.49. The number of anilines is 2. The Bertz CT molecular complexity index is 1170. The zero-order valence-corrected chi connectivity index (χ0v) is 18.3. The molecule has 2 aromatic carbocycles. The second-order valence-corrected chi connectivity index (χ2v) is 8.67. The Balaban J connectivity index is 1.24. The van der Waals surface area contributed by atoms with Crippen LogP contribution in [0.25, 0.3) is 10.6 Å². The number of ether oxygens (including phenoxy) is 2. The van der Waals surface area contributed by atoms with Gasteiger partial charge in [-0.25, -0.2) is 4.79 Å². The van der Waals surface area contributed by atoms with Crippen molar-refractivity contribution in [1.82, 2.24) is 15.1 Å². The highest BCUT2D eigenvalue weighted by atomic mass is 35.5. The molecule has 0 saturated carbocycles. The first-order valence-corrected chi connectivity index (χ1v) is 11.1. The van der Waals surface area contributed by atoms with Crippen molar-refractivity contribution in [2.45, 2.75) is 18.9 Å². The number of urea groups is 1. The molecule has 1 atom stereocenters. The van der Waals surface area contributed by atoms with Crippen LogP contribution >= 0.6 is 22.9 Å². The Labute approximate surface area is 192 Å². The summed E-state index contributed by atoms with van der Waals surface area (Å²) in [5, 5.41) is 15.4. The number of halogens is 1. The van der Waals surface area contributed by atoms with Gasteiger partial charge in [-0.1, -0.05) is 22.9 Å². The molecule has 0 radical (unpaired) electrons. The van der Waals surface area contributed by atoms with Crippen LogP contribution in [0.2, 0.25) is 5.02 Å². The van der Waals surface area contributed by atoms with E-state index >= 15 is 0 Å². The maximum absolute atomic E-state index is 12.9. The van der Waals surface area contributed by atoms with Gasteiger partial charge in [-0.3, -0.25) is 10.1 Å². The zero-order chi connectivity index (χ0) is 22.1. The summed E-state index contributed by atoms with van der Waals surface area (Å²) in [6.45, 7) is 0.690. The van der Waals surface area contributed by atoms with Crippen molar-refractivity contribution in [3.05, 3.63) is 47.5 Å². The second-order valence-electron chi connectivity index (χ2n) is 7.26. The maximum atomic E-state index is 12.9. The lowest BCUT2D eigenvalue weighted by Crippen LogP contribution is -2.45. The molecule has 11 heteroatoms. The molecule has 3 aromatic rings. The average Bonchev–Trinajstić information content (AvgIpc) is 3.55. The normalized spacial score (nSPS) is 16.8. The molecule has 5 rings (SSSR count). The van der Waals surface area contributed by atoms with Crippen LogP contribution in [-0.2, 0) is 4.79 Å². The van der Waals surface area contributed by atoms with Crippen LogP contribution in [0.5, 0.6) is 11.5 Å². The highest BCUT2D eigenvalue weighted by Crippen LogP contribution is 2.37. The summed E-state index contributed by atoms with van der Waals surface area (Å²) in [5.41, 5.74) is 1.43. The van der Waals surface area contributed by atoms with Crippen molar-refractivity contribution in [2.75, 3.05) is 24.0 Å². The number of hydrogen-bond acceptors (Lipinski definition) is 7. The molecular formula is C21H18ClN5O4S. The van der Waals surface area contributed by atoms with Gasteiger partial charge in [-0.05, 0) is 55.3 Å². The van der Waals surface area contributed by atoms with E-state index in [0.717, 1.165) is 12.0 Å². The third-order valence-electron chi connectivity index (χ3n) is 5.19. The number of hydrogen-bond donors (Lipinski definition) is 2. The minimum absolute atomic E-state index is 0.194. The number of nitrogens with zero attached hydrogens (tertiary/aromatic N) is 3. The molecule has 32 heavy (non-hydrogen) atoms. The summed E-state index contributed by atoms with van der Waals surface area (Å²) in [5.74, 6) is 1.05. The summed E-state index contributed by atoms with van der Waals surface area (Å²) >= 11 is 7.13. The monoisotopic (exact) mass is 471 g/mol. The van der Waals surface area contributed by atoms with Crippen molar-refractivity contribution in [3.63, 3.8) is 0 Å². The van der Waals surface area contributed by atoms with Crippen molar-refractivity contribution in [1.29, 1.82) is 0 Å². The van der Waals surface area contributed by atoms with Crippen LogP contribution in [0.4, 0.5) is 15.6 Å². The molecule has 1 aromatic heterocycles. The predicted octanol–water partition coefficient (Wildman–Crippen LogP) is 4.22. The number of benzene rings is 2. The fraction of sp³-hybridized carbons (Fsp3) is 0.238. The molecule has 1 fully saturated rings. The number of nitrogens with one attached hydrogen (secondary N) is 2. The molecule has 164 valence electrons. The molecule has 0 spiro atoms. The van der Waals surface area contributed by atoms with Gasteiger partial charge in [0, 0.05) is 22.8 Å². The van der Waals surface area contributed by atoms with Gasteiger partial charge in [0.15, 0.2) is 11.5 Å². The first kappa shape index (κ1) is 20.5. The fourth-order valence-electron chi connectivity index (χ4n) is 3.62. The molecule has 1 unspecified atom stereocenters. The molecule has 2 aliphatic heterocycles. The highest BCUT2D eigenvalue weighted by molar-refractivity contribution is 7.18. The summed E-state index contributed by atoms with van der Waals surface area (Å²) in [7, 11) is 0. The van der Waals surface area contributed by atoms with Gasteiger partial charge in [0.2, 0.25) is 17.8 Å². The van der Waals surface area contributed by atoms with Crippen LogP contribution in [-0.4, -0.2) is 46.4 Å². The standard InChI is InChI=1S/C21H18ClN5O4S/c22-13-4-6-14(7-5-13)23-21(29)27-9-1-2-15(27)18(28)24-20-26-25-19(32-20)12-3-8-16-17(10-12)31-11-30-16/h3-8,10,15H,1-2,9,11H2,(H,23,29)(H,24,26,28). The smallest absolute Gasteiger partial charge is 0.322 e. The number of rotatable bonds is 4. The first-order valence-electron chi connectivity index (χ1n) is 9.94. The topological polar surface area (TPSA) is 106 Å². The van der Waals surface area contributed by atoms with E-state index in [0.29, 0.717) is 45.3 Å². The van der Waals surface area contributed by atoms with E-state index in [1.165, 1.54) is 16.2 Å². The van der Waals surface area contributed by atoms with E-state index in [9.17, 15) is 9.59 Å². The molecule has 9 nitrogen and oxygen atoms in total. The van der Waals surface area contributed by atoms with E-state index in [1.54, 1.807) is 24.3 Å². The van der Waals surface area contributed by atoms with Crippen LogP contribution in [0.15, 0.2) is 42.5 Å². The van der Waals surface area contributed by atoms with Crippen LogP contribution in [0.3, 0.4) is 0 Å². The minimum Gasteiger partial charge on any atom is -0.454 e. The number of likely N-dealkylation sites (tertiary alicyclic amines) is 1. The summed E-state index contributed by atoms with van der Waals surface area (Å²) in [4.78, 5) is 27.1. The molecule has 3 heterocycles. The second kappa shape index (κ2) is 8.64. The molecule has 2 aliphatic rings. The van der Waals surface area contributed by atoms with E-state index in [4.69, 9.17) is 21.1 Å². The van der Waals surface area contributed by atoms with Crippen molar-refractivity contribution < 1.29 is 19.1 Å². The zero-order valence-electron chi connectivity index (χ0n) is 16.7. The minimum atomic E-state index is -0.583.